The molecule has 86 valence electrons. The molecule has 1 rings (SSSR count). The second kappa shape index (κ2) is 4.93. The fraction of sp³-hybridized carbons (Fsp3) is 0.800. The van der Waals surface area contributed by atoms with Crippen molar-refractivity contribution in [2.24, 2.45) is 0 Å². The molecule has 1 heterocycles. The average Bonchev–Trinajstić information content (AvgIpc) is 2.52. The summed E-state index contributed by atoms with van der Waals surface area (Å²) in [6.07, 6.45) is 1.38. The van der Waals surface area contributed by atoms with Gasteiger partial charge in [-0.25, -0.2) is 4.79 Å². The molecule has 0 aromatic carbocycles. The number of carbonyl (C=O) groups is 2. The number of esters is 2. The summed E-state index contributed by atoms with van der Waals surface area (Å²) in [4.78, 5) is 22.8. The highest BCUT2D eigenvalue weighted by atomic mass is 31.0. The van der Waals surface area contributed by atoms with Crippen LogP contribution in [-0.4, -0.2) is 29.8 Å². The Labute approximate surface area is 91.9 Å². The van der Waals surface area contributed by atoms with Gasteiger partial charge in [0.05, 0.1) is 11.8 Å². The Morgan fingerprint density at radius 3 is 2.87 bits per heavy atom. The van der Waals surface area contributed by atoms with Gasteiger partial charge >= 0.3 is 11.9 Å². The number of rotatable bonds is 4. The molecule has 0 bridgehead atoms. The van der Waals surface area contributed by atoms with Gasteiger partial charge < -0.3 is 9.47 Å². The molecule has 0 spiro atoms. The minimum atomic E-state index is -0.700. The second-order valence-corrected chi connectivity index (χ2v) is 5.29. The highest BCUT2D eigenvalue weighted by Crippen LogP contribution is 2.27. The lowest BCUT2D eigenvalue weighted by Crippen LogP contribution is -2.35. The molecule has 1 aliphatic heterocycles. The Hall–Kier alpha value is -0.630. The van der Waals surface area contributed by atoms with E-state index in [9.17, 15) is 9.59 Å². The van der Waals surface area contributed by atoms with Crippen molar-refractivity contribution in [3.63, 3.8) is 0 Å². The molecule has 0 saturated carbocycles. The molecule has 0 N–H and O–H groups in total. The molecular formula is C10H17O4P. The lowest BCUT2D eigenvalue weighted by molar-refractivity contribution is -0.161. The van der Waals surface area contributed by atoms with E-state index in [1.807, 2.05) is 6.92 Å². The maximum Gasteiger partial charge on any atom is 0.347 e. The van der Waals surface area contributed by atoms with Crippen LogP contribution in [0.4, 0.5) is 0 Å². The van der Waals surface area contributed by atoms with Crippen LogP contribution in [0.15, 0.2) is 0 Å². The minimum Gasteiger partial charge on any atom is -0.463 e. The van der Waals surface area contributed by atoms with Gasteiger partial charge in [0.15, 0.2) is 0 Å². The van der Waals surface area contributed by atoms with Crippen LogP contribution >= 0.6 is 9.24 Å². The smallest absolute Gasteiger partial charge is 0.347 e. The third-order valence-corrected chi connectivity index (χ3v) is 2.90. The predicted octanol–water partition coefficient (Wildman–Crippen LogP) is 1.28. The Balaban J connectivity index is 2.50. The summed E-state index contributed by atoms with van der Waals surface area (Å²) >= 11 is 0. The first-order chi connectivity index (χ1) is 6.97. The Morgan fingerprint density at radius 1 is 1.73 bits per heavy atom. The maximum absolute atomic E-state index is 11.7. The van der Waals surface area contributed by atoms with Crippen LogP contribution in [-0.2, 0) is 19.1 Å². The van der Waals surface area contributed by atoms with Crippen LogP contribution in [0.2, 0.25) is 0 Å². The van der Waals surface area contributed by atoms with E-state index in [4.69, 9.17) is 9.47 Å². The summed E-state index contributed by atoms with van der Waals surface area (Å²) in [6.45, 7) is 4.14. The summed E-state index contributed by atoms with van der Waals surface area (Å²) in [6, 6.07) is 0. The summed E-state index contributed by atoms with van der Waals surface area (Å²) in [5.74, 6) is -0.779. The first kappa shape index (κ1) is 12.4. The topological polar surface area (TPSA) is 52.6 Å². The van der Waals surface area contributed by atoms with Gasteiger partial charge in [-0.05, 0) is 13.3 Å². The number of hydrogen-bond donors (Lipinski definition) is 0. The minimum absolute atomic E-state index is 0.345. The third-order valence-electron chi connectivity index (χ3n) is 2.37. The Kier molecular flexibility index (Phi) is 4.09. The zero-order valence-corrected chi connectivity index (χ0v) is 10.3. The molecule has 0 radical (unpaired) electrons. The summed E-state index contributed by atoms with van der Waals surface area (Å²) in [5.41, 5.74) is 0. The first-order valence-corrected chi connectivity index (χ1v) is 5.71. The van der Waals surface area contributed by atoms with Gasteiger partial charge in [0.1, 0.15) is 0 Å². The predicted molar refractivity (Wildman–Crippen MR) is 58.5 cm³/mol. The number of cyclic esters (lactones) is 1. The van der Waals surface area contributed by atoms with E-state index in [2.05, 4.69) is 9.24 Å². The molecule has 0 aromatic rings. The second-order valence-electron chi connectivity index (χ2n) is 4.02. The fourth-order valence-electron chi connectivity index (χ4n) is 1.47. The molecular weight excluding hydrogens is 215 g/mol. The van der Waals surface area contributed by atoms with Crippen molar-refractivity contribution in [3.05, 3.63) is 0 Å². The van der Waals surface area contributed by atoms with Gasteiger partial charge in [-0.3, -0.25) is 4.79 Å². The average molecular weight is 232 g/mol. The maximum atomic E-state index is 11.7. The van der Waals surface area contributed by atoms with Crippen molar-refractivity contribution in [1.29, 1.82) is 0 Å². The van der Waals surface area contributed by atoms with Crippen molar-refractivity contribution >= 4 is 21.2 Å². The van der Waals surface area contributed by atoms with E-state index in [0.29, 0.717) is 13.0 Å². The van der Waals surface area contributed by atoms with Crippen LogP contribution in [0.3, 0.4) is 0 Å². The van der Waals surface area contributed by atoms with Crippen LogP contribution < -0.4 is 0 Å². The zero-order valence-electron chi connectivity index (χ0n) is 9.12. The fourth-order valence-corrected chi connectivity index (χ4v) is 1.83. The van der Waals surface area contributed by atoms with E-state index in [1.54, 1.807) is 6.92 Å². The van der Waals surface area contributed by atoms with Crippen molar-refractivity contribution in [1.82, 2.24) is 0 Å². The van der Waals surface area contributed by atoms with Crippen LogP contribution in [0.1, 0.15) is 33.1 Å². The van der Waals surface area contributed by atoms with Crippen molar-refractivity contribution in [3.8, 4) is 0 Å². The van der Waals surface area contributed by atoms with Crippen molar-refractivity contribution in [2.75, 3.05) is 6.61 Å². The van der Waals surface area contributed by atoms with Gasteiger partial charge in [0.2, 0.25) is 6.10 Å². The standard InChI is InChI=1S/C10H17O4P/c1-3-5-10(2,15)9(12)14-7-4-6-13-8(7)11/h7H,3-6,15H2,1-2H3. The van der Waals surface area contributed by atoms with E-state index >= 15 is 0 Å². The van der Waals surface area contributed by atoms with Crippen molar-refractivity contribution < 1.29 is 19.1 Å². The zero-order chi connectivity index (χ0) is 11.5. The van der Waals surface area contributed by atoms with E-state index in [1.165, 1.54) is 0 Å². The highest BCUT2D eigenvalue weighted by molar-refractivity contribution is 7.20. The third kappa shape index (κ3) is 3.16. The highest BCUT2D eigenvalue weighted by Gasteiger charge is 2.36. The molecule has 15 heavy (non-hydrogen) atoms. The molecule has 1 fully saturated rings. The van der Waals surface area contributed by atoms with Gasteiger partial charge in [-0.15, -0.1) is 9.24 Å². The SMILES string of the molecule is CCCC(C)(P)C(=O)OC1CCOC1=O. The molecule has 1 aliphatic rings. The molecule has 4 nitrogen and oxygen atoms in total. The summed E-state index contributed by atoms with van der Waals surface area (Å²) in [5, 5.41) is -0.600. The quantitative estimate of drug-likeness (QED) is 0.541. The molecule has 0 aromatic heterocycles. The van der Waals surface area contributed by atoms with Gasteiger partial charge in [-0.2, -0.15) is 0 Å². The number of carbonyl (C=O) groups excluding carboxylic acids is 2. The monoisotopic (exact) mass is 232 g/mol. The first-order valence-electron chi connectivity index (χ1n) is 5.14. The number of ether oxygens (including phenoxy) is 2. The Bertz CT molecular complexity index is 262. The Morgan fingerprint density at radius 2 is 2.40 bits per heavy atom. The molecule has 3 unspecified atom stereocenters. The van der Waals surface area contributed by atoms with E-state index < -0.39 is 17.2 Å². The van der Waals surface area contributed by atoms with Crippen LogP contribution in [0.5, 0.6) is 0 Å². The van der Waals surface area contributed by atoms with E-state index in [-0.39, 0.29) is 5.97 Å². The number of hydrogen-bond acceptors (Lipinski definition) is 4. The molecule has 0 aliphatic carbocycles. The van der Waals surface area contributed by atoms with Gasteiger partial charge in [-0.1, -0.05) is 13.3 Å². The van der Waals surface area contributed by atoms with Crippen LogP contribution in [0, 0.1) is 0 Å². The largest absolute Gasteiger partial charge is 0.463 e. The molecule has 5 heteroatoms. The molecule has 3 atom stereocenters. The summed E-state index contributed by atoms with van der Waals surface area (Å²) in [7, 11) is 2.49. The summed E-state index contributed by atoms with van der Waals surface area (Å²) < 4.78 is 9.82. The van der Waals surface area contributed by atoms with Gasteiger partial charge in [0.25, 0.3) is 0 Å². The van der Waals surface area contributed by atoms with Gasteiger partial charge in [0, 0.05) is 6.42 Å². The lowest BCUT2D eigenvalue weighted by Gasteiger charge is -2.22. The lowest BCUT2D eigenvalue weighted by atomic mass is 10.1. The van der Waals surface area contributed by atoms with Crippen LogP contribution in [0.25, 0.3) is 0 Å². The van der Waals surface area contributed by atoms with E-state index in [0.717, 1.165) is 12.8 Å². The normalized spacial score (nSPS) is 24.5. The molecule has 1 saturated heterocycles. The van der Waals surface area contributed by atoms with Crippen molar-refractivity contribution in [2.45, 2.75) is 44.4 Å². The molecule has 0 amide bonds.